The van der Waals surface area contributed by atoms with Crippen LogP contribution in [0.3, 0.4) is 0 Å². The van der Waals surface area contributed by atoms with Crippen LogP contribution in [0.25, 0.3) is 0 Å². The maximum atomic E-state index is 12.2. The van der Waals surface area contributed by atoms with Gasteiger partial charge >= 0.3 is 0 Å². The summed E-state index contributed by atoms with van der Waals surface area (Å²) in [7, 11) is 0. The van der Waals surface area contributed by atoms with Crippen molar-refractivity contribution >= 4 is 33.2 Å². The molecule has 0 aliphatic rings. The van der Waals surface area contributed by atoms with Gasteiger partial charge in [-0.05, 0) is 47.5 Å². The lowest BCUT2D eigenvalue weighted by atomic mass is 10.1. The van der Waals surface area contributed by atoms with E-state index in [1.54, 1.807) is 25.1 Å². The molecule has 0 fully saturated rings. The van der Waals surface area contributed by atoms with E-state index in [-0.39, 0.29) is 11.3 Å². The number of aromatic nitrogens is 1. The number of carbonyl (C=O) groups is 1. The molecule has 1 amide bonds. The molecule has 21 heavy (non-hydrogen) atoms. The number of carbonyl (C=O) groups excluding carboxylic acids is 1. The maximum absolute atomic E-state index is 12.2. The number of para-hydroxylation sites is 1. The fourth-order valence-corrected chi connectivity index (χ4v) is 2.13. The smallest absolute Gasteiger partial charge is 0.285 e. The van der Waals surface area contributed by atoms with E-state index < -0.39 is 10.8 Å². The minimum atomic E-state index is -0.546. The molecular weight excluding hydrogens is 338 g/mol. The van der Waals surface area contributed by atoms with Crippen molar-refractivity contribution in [3.63, 3.8) is 0 Å². The van der Waals surface area contributed by atoms with Crippen molar-refractivity contribution < 1.29 is 9.72 Å². The Hall–Kier alpha value is -2.28. The van der Waals surface area contributed by atoms with Gasteiger partial charge in [-0.25, -0.2) is 4.98 Å². The number of hydrogen-bond acceptors (Lipinski definition) is 4. The highest BCUT2D eigenvalue weighted by atomic mass is 79.9. The summed E-state index contributed by atoms with van der Waals surface area (Å²) in [5.41, 5.74) is 1.62. The molecule has 0 atom stereocenters. The monoisotopic (exact) mass is 349 g/mol. The standard InChI is InChI=1S/C14H12BrN3O3/c1-8-4-3-5-11(12(8)18(20)21)14(19)17-10-6-9(2)13(15)16-7-10/h3-7H,1-2H3,(H,17,19). The summed E-state index contributed by atoms with van der Waals surface area (Å²) in [5, 5.41) is 13.7. The van der Waals surface area contributed by atoms with Gasteiger partial charge in [-0.3, -0.25) is 14.9 Å². The van der Waals surface area contributed by atoms with Gasteiger partial charge in [0.15, 0.2) is 0 Å². The highest BCUT2D eigenvalue weighted by molar-refractivity contribution is 9.10. The van der Waals surface area contributed by atoms with Gasteiger partial charge in [-0.1, -0.05) is 12.1 Å². The number of rotatable bonds is 3. The van der Waals surface area contributed by atoms with E-state index in [0.717, 1.165) is 5.56 Å². The largest absolute Gasteiger partial charge is 0.320 e. The van der Waals surface area contributed by atoms with E-state index in [0.29, 0.717) is 15.9 Å². The summed E-state index contributed by atoms with van der Waals surface area (Å²) in [4.78, 5) is 26.9. The van der Waals surface area contributed by atoms with Crippen LogP contribution in [0.2, 0.25) is 0 Å². The number of aryl methyl sites for hydroxylation is 2. The van der Waals surface area contributed by atoms with Crippen LogP contribution in [-0.4, -0.2) is 15.8 Å². The Labute approximate surface area is 129 Å². The van der Waals surface area contributed by atoms with Crippen LogP contribution in [-0.2, 0) is 0 Å². The third-order valence-corrected chi connectivity index (χ3v) is 3.77. The molecule has 1 heterocycles. The SMILES string of the molecule is Cc1cc(NC(=O)c2cccc(C)c2[N+](=O)[O-])cnc1Br. The Morgan fingerprint density at radius 3 is 2.67 bits per heavy atom. The third-order valence-electron chi connectivity index (χ3n) is 2.94. The van der Waals surface area contributed by atoms with Crippen LogP contribution in [0.1, 0.15) is 21.5 Å². The normalized spacial score (nSPS) is 10.2. The van der Waals surface area contributed by atoms with E-state index in [2.05, 4.69) is 26.2 Å². The second-order valence-corrected chi connectivity index (χ2v) is 5.27. The molecule has 6 nitrogen and oxygen atoms in total. The lowest BCUT2D eigenvalue weighted by Crippen LogP contribution is -2.14. The highest BCUT2D eigenvalue weighted by Gasteiger charge is 2.22. The van der Waals surface area contributed by atoms with Gasteiger partial charge < -0.3 is 5.32 Å². The summed E-state index contributed by atoms with van der Waals surface area (Å²) in [5.74, 6) is -0.533. The molecular formula is C14H12BrN3O3. The first-order chi connectivity index (χ1) is 9.90. The molecule has 2 rings (SSSR count). The van der Waals surface area contributed by atoms with Gasteiger partial charge in [-0.15, -0.1) is 0 Å². The molecule has 2 aromatic rings. The van der Waals surface area contributed by atoms with Gasteiger partial charge in [0.05, 0.1) is 16.8 Å². The number of halogens is 1. The predicted octanol–water partition coefficient (Wildman–Crippen LogP) is 3.62. The zero-order valence-electron chi connectivity index (χ0n) is 11.4. The van der Waals surface area contributed by atoms with Crippen LogP contribution in [0, 0.1) is 24.0 Å². The van der Waals surface area contributed by atoms with E-state index in [1.807, 2.05) is 6.92 Å². The number of nitro benzene ring substituents is 1. The third kappa shape index (κ3) is 3.25. The Bertz CT molecular complexity index is 731. The lowest BCUT2D eigenvalue weighted by Gasteiger charge is -2.08. The number of anilines is 1. The van der Waals surface area contributed by atoms with Crippen molar-refractivity contribution in [3.8, 4) is 0 Å². The molecule has 0 saturated carbocycles. The zero-order chi connectivity index (χ0) is 15.6. The second kappa shape index (κ2) is 6.01. The Morgan fingerprint density at radius 2 is 2.05 bits per heavy atom. The fourth-order valence-electron chi connectivity index (χ4n) is 1.91. The number of hydrogen-bond donors (Lipinski definition) is 1. The van der Waals surface area contributed by atoms with Crippen LogP contribution in [0.5, 0.6) is 0 Å². The van der Waals surface area contributed by atoms with Gasteiger partial charge in [0.25, 0.3) is 11.6 Å². The number of benzene rings is 1. The molecule has 1 aromatic carbocycles. The van der Waals surface area contributed by atoms with Crippen molar-refractivity contribution in [1.29, 1.82) is 0 Å². The predicted molar refractivity (Wildman–Crippen MR) is 82.5 cm³/mol. The molecule has 0 radical (unpaired) electrons. The van der Waals surface area contributed by atoms with Crippen LogP contribution in [0.4, 0.5) is 11.4 Å². The Balaban J connectivity index is 2.35. The topological polar surface area (TPSA) is 85.1 Å². The van der Waals surface area contributed by atoms with Gasteiger partial charge in [-0.2, -0.15) is 0 Å². The summed E-state index contributed by atoms with van der Waals surface area (Å²) in [6, 6.07) is 6.37. The van der Waals surface area contributed by atoms with Crippen LogP contribution < -0.4 is 5.32 Å². The average Bonchev–Trinajstić information content (AvgIpc) is 2.42. The van der Waals surface area contributed by atoms with Crippen molar-refractivity contribution in [1.82, 2.24) is 4.98 Å². The number of amides is 1. The number of nitrogens with zero attached hydrogens (tertiary/aromatic N) is 2. The van der Waals surface area contributed by atoms with E-state index in [1.165, 1.54) is 12.3 Å². The minimum absolute atomic E-state index is 0.0283. The summed E-state index contributed by atoms with van der Waals surface area (Å²) in [6.45, 7) is 3.43. The fraction of sp³-hybridized carbons (Fsp3) is 0.143. The van der Waals surface area contributed by atoms with Gasteiger partial charge in [0.1, 0.15) is 10.2 Å². The van der Waals surface area contributed by atoms with E-state index in [9.17, 15) is 14.9 Å². The first kappa shape index (κ1) is 15.1. The molecule has 0 bridgehead atoms. The van der Waals surface area contributed by atoms with E-state index in [4.69, 9.17) is 0 Å². The second-order valence-electron chi connectivity index (χ2n) is 4.51. The summed E-state index contributed by atoms with van der Waals surface area (Å²) >= 11 is 3.27. The molecule has 1 aromatic heterocycles. The van der Waals surface area contributed by atoms with Crippen LogP contribution in [0.15, 0.2) is 35.1 Å². The molecule has 0 spiro atoms. The molecule has 0 aliphatic carbocycles. The lowest BCUT2D eigenvalue weighted by molar-refractivity contribution is -0.385. The first-order valence-electron chi connectivity index (χ1n) is 6.07. The first-order valence-corrected chi connectivity index (χ1v) is 6.87. The number of nitro groups is 1. The van der Waals surface area contributed by atoms with Gasteiger partial charge in [0, 0.05) is 5.56 Å². The molecule has 0 unspecified atom stereocenters. The molecule has 1 N–H and O–H groups in total. The van der Waals surface area contributed by atoms with Crippen molar-refractivity contribution in [2.24, 2.45) is 0 Å². The maximum Gasteiger partial charge on any atom is 0.285 e. The van der Waals surface area contributed by atoms with Crippen LogP contribution >= 0.6 is 15.9 Å². The molecule has 0 saturated heterocycles. The molecule has 0 aliphatic heterocycles. The molecule has 108 valence electrons. The Kier molecular flexibility index (Phi) is 4.32. The zero-order valence-corrected chi connectivity index (χ0v) is 13.0. The van der Waals surface area contributed by atoms with Crippen molar-refractivity contribution in [2.75, 3.05) is 5.32 Å². The van der Waals surface area contributed by atoms with Crippen molar-refractivity contribution in [3.05, 3.63) is 61.9 Å². The van der Waals surface area contributed by atoms with Crippen molar-refractivity contribution in [2.45, 2.75) is 13.8 Å². The quantitative estimate of drug-likeness (QED) is 0.520. The summed E-state index contributed by atoms with van der Waals surface area (Å²) < 4.78 is 0.682. The Morgan fingerprint density at radius 1 is 1.33 bits per heavy atom. The molecule has 7 heteroatoms. The minimum Gasteiger partial charge on any atom is -0.320 e. The van der Waals surface area contributed by atoms with E-state index >= 15 is 0 Å². The number of pyridine rings is 1. The highest BCUT2D eigenvalue weighted by Crippen LogP contribution is 2.24. The number of nitrogens with one attached hydrogen (secondary N) is 1. The van der Waals surface area contributed by atoms with Gasteiger partial charge in [0.2, 0.25) is 0 Å². The summed E-state index contributed by atoms with van der Waals surface area (Å²) in [6.07, 6.45) is 1.48. The average molecular weight is 350 g/mol.